The first-order chi connectivity index (χ1) is 14.3. The molecule has 162 valence electrons. The molecule has 0 fully saturated rings. The standard InChI is InChI=1S/C26H28O4S/c1-16-13-21-22(26(4,5)12-11-25(21,2)3)15-23(16)31(29,30)18-9-10-19-17(14-18)7-6-8-20(19)24(27)28/h6-10,13-15H,11-12H2,1-5H3,(H,27,28). The summed E-state index contributed by atoms with van der Waals surface area (Å²) in [6.45, 7) is 10.6. The molecule has 1 aliphatic rings. The van der Waals surface area contributed by atoms with E-state index in [0.29, 0.717) is 15.7 Å². The third-order valence-electron chi connectivity index (χ3n) is 6.83. The number of hydrogen-bond acceptors (Lipinski definition) is 3. The highest BCUT2D eigenvalue weighted by atomic mass is 32.2. The van der Waals surface area contributed by atoms with Crippen molar-refractivity contribution in [2.24, 2.45) is 0 Å². The second-order valence-corrected chi connectivity index (χ2v) is 11.8. The number of carboxylic acids is 1. The van der Waals surface area contributed by atoms with E-state index in [9.17, 15) is 18.3 Å². The summed E-state index contributed by atoms with van der Waals surface area (Å²) < 4.78 is 27.3. The van der Waals surface area contributed by atoms with Gasteiger partial charge in [0.25, 0.3) is 0 Å². The van der Waals surface area contributed by atoms with Crippen LogP contribution in [0.25, 0.3) is 10.8 Å². The van der Waals surface area contributed by atoms with Crippen molar-refractivity contribution in [2.45, 2.75) is 68.1 Å². The second-order valence-electron chi connectivity index (χ2n) is 9.93. The van der Waals surface area contributed by atoms with Crippen LogP contribution in [0.2, 0.25) is 0 Å². The number of carbonyl (C=O) groups is 1. The van der Waals surface area contributed by atoms with Gasteiger partial charge in [-0.3, -0.25) is 0 Å². The summed E-state index contributed by atoms with van der Waals surface area (Å²) in [7, 11) is -3.76. The molecule has 0 spiro atoms. The lowest BCUT2D eigenvalue weighted by Gasteiger charge is -2.42. The van der Waals surface area contributed by atoms with Gasteiger partial charge in [-0.05, 0) is 82.3 Å². The maximum atomic E-state index is 13.7. The van der Waals surface area contributed by atoms with Gasteiger partial charge in [-0.15, -0.1) is 0 Å². The molecule has 3 aromatic carbocycles. The summed E-state index contributed by atoms with van der Waals surface area (Å²) in [5.74, 6) is -1.03. The van der Waals surface area contributed by atoms with Crippen LogP contribution in [0.4, 0.5) is 0 Å². The Morgan fingerprint density at radius 2 is 1.52 bits per heavy atom. The molecule has 0 bridgehead atoms. The maximum Gasteiger partial charge on any atom is 0.336 e. The van der Waals surface area contributed by atoms with Gasteiger partial charge in [-0.2, -0.15) is 0 Å². The van der Waals surface area contributed by atoms with Gasteiger partial charge in [0.05, 0.1) is 15.4 Å². The molecular formula is C26H28O4S. The van der Waals surface area contributed by atoms with E-state index in [1.54, 1.807) is 24.3 Å². The van der Waals surface area contributed by atoms with Gasteiger partial charge in [-0.25, -0.2) is 13.2 Å². The molecule has 4 nitrogen and oxygen atoms in total. The van der Waals surface area contributed by atoms with Crippen LogP contribution in [0.15, 0.2) is 58.3 Å². The van der Waals surface area contributed by atoms with Crippen molar-refractivity contribution in [3.63, 3.8) is 0 Å². The minimum Gasteiger partial charge on any atom is -0.478 e. The molecule has 31 heavy (non-hydrogen) atoms. The van der Waals surface area contributed by atoms with E-state index < -0.39 is 15.8 Å². The molecule has 4 rings (SSSR count). The van der Waals surface area contributed by atoms with Crippen LogP contribution in [0.1, 0.15) is 67.6 Å². The Bertz CT molecular complexity index is 1330. The first-order valence-corrected chi connectivity index (χ1v) is 12.0. The summed E-state index contributed by atoms with van der Waals surface area (Å²) in [5, 5.41) is 10.5. The summed E-state index contributed by atoms with van der Waals surface area (Å²) in [4.78, 5) is 12.0. The number of rotatable bonds is 3. The zero-order valence-electron chi connectivity index (χ0n) is 18.6. The zero-order chi connectivity index (χ0) is 22.8. The first kappa shape index (κ1) is 21.6. The van der Waals surface area contributed by atoms with E-state index in [1.165, 1.54) is 17.7 Å². The van der Waals surface area contributed by atoms with Gasteiger partial charge in [0.1, 0.15) is 0 Å². The van der Waals surface area contributed by atoms with Gasteiger partial charge in [-0.1, -0.05) is 52.0 Å². The Morgan fingerprint density at radius 1 is 0.903 bits per heavy atom. The highest BCUT2D eigenvalue weighted by Gasteiger charge is 2.38. The average Bonchev–Trinajstić information content (AvgIpc) is 2.70. The van der Waals surface area contributed by atoms with Gasteiger partial charge < -0.3 is 5.11 Å². The van der Waals surface area contributed by atoms with Crippen LogP contribution in [-0.2, 0) is 20.7 Å². The van der Waals surface area contributed by atoms with Gasteiger partial charge in [0.15, 0.2) is 0 Å². The predicted octanol–water partition coefficient (Wildman–Crippen LogP) is 6.03. The molecule has 0 radical (unpaired) electrons. The fraction of sp³-hybridized carbons (Fsp3) is 0.346. The highest BCUT2D eigenvalue weighted by Crippen LogP contribution is 2.47. The first-order valence-electron chi connectivity index (χ1n) is 10.5. The Kier molecular flexibility index (Phi) is 4.82. The molecule has 0 heterocycles. The summed E-state index contributed by atoms with van der Waals surface area (Å²) in [6, 6.07) is 13.5. The Morgan fingerprint density at radius 3 is 2.13 bits per heavy atom. The summed E-state index contributed by atoms with van der Waals surface area (Å²) in [5.41, 5.74) is 3.14. The lowest BCUT2D eigenvalue weighted by molar-refractivity contribution is 0.0699. The molecule has 5 heteroatoms. The summed E-state index contributed by atoms with van der Waals surface area (Å²) >= 11 is 0. The number of fused-ring (bicyclic) bond motifs is 2. The minimum atomic E-state index is -3.76. The van der Waals surface area contributed by atoms with Crippen molar-refractivity contribution in [1.29, 1.82) is 0 Å². The normalized spacial score (nSPS) is 17.3. The fourth-order valence-electron chi connectivity index (χ4n) is 4.73. The van der Waals surface area contributed by atoms with Crippen LogP contribution in [-0.4, -0.2) is 19.5 Å². The molecule has 0 aliphatic heterocycles. The van der Waals surface area contributed by atoms with Crippen molar-refractivity contribution in [3.05, 3.63) is 70.8 Å². The van der Waals surface area contributed by atoms with E-state index in [1.807, 2.05) is 19.1 Å². The van der Waals surface area contributed by atoms with Gasteiger partial charge in [0, 0.05) is 0 Å². The second kappa shape index (κ2) is 6.92. The Balaban J connectivity index is 1.91. The molecule has 0 aromatic heterocycles. The summed E-state index contributed by atoms with van der Waals surface area (Å²) in [6.07, 6.45) is 2.07. The van der Waals surface area contributed by atoms with E-state index in [-0.39, 0.29) is 21.3 Å². The third-order valence-corrected chi connectivity index (χ3v) is 8.72. The zero-order valence-corrected chi connectivity index (χ0v) is 19.4. The molecule has 0 atom stereocenters. The molecule has 0 saturated heterocycles. The predicted molar refractivity (Wildman–Crippen MR) is 123 cm³/mol. The molecule has 0 unspecified atom stereocenters. The number of aromatic carboxylic acids is 1. The third kappa shape index (κ3) is 3.45. The number of hydrogen-bond donors (Lipinski definition) is 1. The van der Waals surface area contributed by atoms with E-state index in [4.69, 9.17) is 0 Å². The number of carboxylic acid groups (broad SMARTS) is 1. The minimum absolute atomic E-state index is 0.00802. The van der Waals surface area contributed by atoms with Crippen LogP contribution < -0.4 is 0 Å². The van der Waals surface area contributed by atoms with Crippen LogP contribution in [0, 0.1) is 6.92 Å². The molecule has 0 amide bonds. The quantitative estimate of drug-likeness (QED) is 0.544. The average molecular weight is 437 g/mol. The molecule has 1 N–H and O–H groups in total. The van der Waals surface area contributed by atoms with E-state index in [2.05, 4.69) is 27.7 Å². The van der Waals surface area contributed by atoms with Crippen LogP contribution in [0.5, 0.6) is 0 Å². The van der Waals surface area contributed by atoms with Crippen molar-refractivity contribution < 1.29 is 18.3 Å². The van der Waals surface area contributed by atoms with Crippen LogP contribution >= 0.6 is 0 Å². The van der Waals surface area contributed by atoms with Crippen molar-refractivity contribution in [3.8, 4) is 0 Å². The highest BCUT2D eigenvalue weighted by molar-refractivity contribution is 7.91. The lowest BCUT2D eigenvalue weighted by Crippen LogP contribution is -2.34. The van der Waals surface area contributed by atoms with Gasteiger partial charge >= 0.3 is 5.97 Å². The topological polar surface area (TPSA) is 71.4 Å². The largest absolute Gasteiger partial charge is 0.478 e. The Labute approximate surface area is 183 Å². The van der Waals surface area contributed by atoms with E-state index in [0.717, 1.165) is 24.0 Å². The monoisotopic (exact) mass is 436 g/mol. The Hall–Kier alpha value is -2.66. The van der Waals surface area contributed by atoms with Crippen molar-refractivity contribution >= 4 is 26.6 Å². The fourth-order valence-corrected chi connectivity index (χ4v) is 6.27. The maximum absolute atomic E-state index is 13.7. The SMILES string of the molecule is Cc1cc2c(cc1S(=O)(=O)c1ccc3c(C(=O)O)cccc3c1)C(C)(C)CCC2(C)C. The molecule has 1 aliphatic carbocycles. The van der Waals surface area contributed by atoms with Crippen molar-refractivity contribution in [1.82, 2.24) is 0 Å². The van der Waals surface area contributed by atoms with Gasteiger partial charge in [0.2, 0.25) is 9.84 Å². The molecule has 3 aromatic rings. The lowest BCUT2D eigenvalue weighted by atomic mass is 9.63. The number of sulfone groups is 1. The molecular weight excluding hydrogens is 408 g/mol. The molecule has 0 saturated carbocycles. The number of aryl methyl sites for hydroxylation is 1. The van der Waals surface area contributed by atoms with Crippen LogP contribution in [0.3, 0.4) is 0 Å². The van der Waals surface area contributed by atoms with Crippen molar-refractivity contribution in [2.75, 3.05) is 0 Å². The van der Waals surface area contributed by atoms with E-state index >= 15 is 0 Å². The smallest absolute Gasteiger partial charge is 0.336 e. The number of benzene rings is 3.